The Kier molecular flexibility index (Phi) is 4.32. The van der Waals surface area contributed by atoms with Crippen molar-refractivity contribution in [2.24, 2.45) is 5.92 Å². The maximum atomic E-state index is 13.2. The topological polar surface area (TPSA) is 51.0 Å². The van der Waals surface area contributed by atoms with Gasteiger partial charge in [0.25, 0.3) is 0 Å². The quantitative estimate of drug-likeness (QED) is 0.864. The van der Waals surface area contributed by atoms with E-state index in [1.165, 1.54) is 5.56 Å². The third-order valence-corrected chi connectivity index (χ3v) is 5.75. The van der Waals surface area contributed by atoms with Crippen molar-refractivity contribution in [1.82, 2.24) is 19.4 Å². The molecule has 0 spiro atoms. The van der Waals surface area contributed by atoms with E-state index >= 15 is 0 Å². The zero-order valence-corrected chi connectivity index (χ0v) is 15.1. The number of carbonyl (C=O) groups is 1. The molecule has 5 heteroatoms. The minimum absolute atomic E-state index is 0.0405. The molecule has 25 heavy (non-hydrogen) atoms. The van der Waals surface area contributed by atoms with E-state index in [4.69, 9.17) is 0 Å². The number of hydrogen-bond acceptors (Lipinski definition) is 3. The highest BCUT2D eigenvalue weighted by Crippen LogP contribution is 2.34. The van der Waals surface area contributed by atoms with E-state index in [2.05, 4.69) is 33.7 Å². The second-order valence-electron chi connectivity index (χ2n) is 7.29. The van der Waals surface area contributed by atoms with E-state index in [9.17, 15) is 4.79 Å². The molecule has 2 aliphatic rings. The van der Waals surface area contributed by atoms with Crippen LogP contribution < -0.4 is 0 Å². The molecule has 0 saturated heterocycles. The highest BCUT2D eigenvalue weighted by atomic mass is 16.2. The van der Waals surface area contributed by atoms with Crippen LogP contribution in [0.4, 0.5) is 0 Å². The number of hydrogen-bond donors (Lipinski definition) is 0. The maximum absolute atomic E-state index is 13.2. The Morgan fingerprint density at radius 2 is 2.28 bits per heavy atom. The van der Waals surface area contributed by atoms with Gasteiger partial charge in [0, 0.05) is 38.3 Å². The van der Waals surface area contributed by atoms with Gasteiger partial charge < -0.3 is 9.47 Å². The number of nitrogens with zero attached hydrogens (tertiary/aromatic N) is 4. The van der Waals surface area contributed by atoms with Crippen molar-refractivity contribution in [3.8, 4) is 0 Å². The van der Waals surface area contributed by atoms with Gasteiger partial charge in [0.1, 0.15) is 5.82 Å². The summed E-state index contributed by atoms with van der Waals surface area (Å²) < 4.78 is 2.22. The lowest BCUT2D eigenvalue weighted by atomic mass is 9.89. The molecule has 0 bridgehead atoms. The molecule has 2 atom stereocenters. The summed E-state index contributed by atoms with van der Waals surface area (Å²) in [5.41, 5.74) is 3.52. The van der Waals surface area contributed by atoms with E-state index < -0.39 is 0 Å². The van der Waals surface area contributed by atoms with Crippen LogP contribution in [0, 0.1) is 5.92 Å². The molecule has 3 heterocycles. The van der Waals surface area contributed by atoms with Gasteiger partial charge in [-0.15, -0.1) is 0 Å². The molecule has 1 amide bonds. The van der Waals surface area contributed by atoms with Crippen molar-refractivity contribution >= 4 is 5.91 Å². The van der Waals surface area contributed by atoms with Crippen LogP contribution in [-0.4, -0.2) is 32.4 Å². The standard InChI is InChI=1S/C20H26N4O/c1-3-16-13-24-11-9-15(12-18(24)22-16)20(25)23(2)17-8-4-6-14-7-5-10-21-19(14)17/h5,7,10,13,15,17H,3-4,6,8-9,11-12H2,1-2H3. The van der Waals surface area contributed by atoms with Gasteiger partial charge in [-0.25, -0.2) is 4.98 Å². The molecule has 132 valence electrons. The monoisotopic (exact) mass is 338 g/mol. The van der Waals surface area contributed by atoms with Crippen molar-refractivity contribution in [3.63, 3.8) is 0 Å². The first-order valence-corrected chi connectivity index (χ1v) is 9.42. The number of pyridine rings is 1. The van der Waals surface area contributed by atoms with Gasteiger partial charge >= 0.3 is 0 Å². The highest BCUT2D eigenvalue weighted by molar-refractivity contribution is 5.79. The highest BCUT2D eigenvalue weighted by Gasteiger charge is 2.33. The lowest BCUT2D eigenvalue weighted by molar-refractivity contribution is -0.137. The number of aromatic nitrogens is 3. The fourth-order valence-electron chi connectivity index (χ4n) is 4.27. The lowest BCUT2D eigenvalue weighted by Gasteiger charge is -2.35. The van der Waals surface area contributed by atoms with Gasteiger partial charge in [0.15, 0.2) is 0 Å². The maximum Gasteiger partial charge on any atom is 0.226 e. The van der Waals surface area contributed by atoms with Crippen LogP contribution in [0.3, 0.4) is 0 Å². The second kappa shape index (κ2) is 6.62. The molecule has 0 N–H and O–H groups in total. The molecule has 1 aliphatic heterocycles. The van der Waals surface area contributed by atoms with Crippen molar-refractivity contribution in [3.05, 3.63) is 47.3 Å². The first kappa shape index (κ1) is 16.3. The second-order valence-corrected chi connectivity index (χ2v) is 7.29. The minimum atomic E-state index is 0.0405. The fraction of sp³-hybridized carbons (Fsp3) is 0.550. The van der Waals surface area contributed by atoms with Crippen molar-refractivity contribution < 1.29 is 4.79 Å². The summed E-state index contributed by atoms with van der Waals surface area (Å²) in [5.74, 6) is 1.35. The van der Waals surface area contributed by atoms with Crippen LogP contribution in [-0.2, 0) is 30.6 Å². The summed E-state index contributed by atoms with van der Waals surface area (Å²) in [6.45, 7) is 3.02. The van der Waals surface area contributed by atoms with Crippen LogP contribution in [0.5, 0.6) is 0 Å². The summed E-state index contributed by atoms with van der Waals surface area (Å²) in [6.07, 6.45) is 9.79. The SMILES string of the molecule is CCc1cn2c(n1)CC(C(=O)N(C)C1CCCc3cccnc31)CC2. The van der Waals surface area contributed by atoms with E-state index in [1.807, 2.05) is 24.2 Å². The van der Waals surface area contributed by atoms with Crippen LogP contribution in [0.15, 0.2) is 24.5 Å². The van der Waals surface area contributed by atoms with Gasteiger partial charge in [-0.05, 0) is 43.7 Å². The third kappa shape index (κ3) is 2.96. The smallest absolute Gasteiger partial charge is 0.226 e. The minimum Gasteiger partial charge on any atom is -0.337 e. The zero-order chi connectivity index (χ0) is 17.4. The predicted octanol–water partition coefficient (Wildman–Crippen LogP) is 2.94. The normalized spacial score (nSPS) is 22.2. The Morgan fingerprint density at radius 3 is 3.12 bits per heavy atom. The molecule has 2 aromatic heterocycles. The van der Waals surface area contributed by atoms with E-state index in [1.54, 1.807) is 0 Å². The third-order valence-electron chi connectivity index (χ3n) is 5.75. The van der Waals surface area contributed by atoms with Crippen molar-refractivity contribution in [2.75, 3.05) is 7.05 Å². The Labute approximate surface area is 149 Å². The Morgan fingerprint density at radius 1 is 1.40 bits per heavy atom. The van der Waals surface area contributed by atoms with Crippen LogP contribution in [0.25, 0.3) is 0 Å². The molecular weight excluding hydrogens is 312 g/mol. The first-order chi connectivity index (χ1) is 12.2. The number of fused-ring (bicyclic) bond motifs is 2. The lowest BCUT2D eigenvalue weighted by Crippen LogP contribution is -2.40. The summed E-state index contributed by atoms with van der Waals surface area (Å²) in [7, 11) is 1.95. The van der Waals surface area contributed by atoms with Gasteiger partial charge in [-0.3, -0.25) is 9.78 Å². The van der Waals surface area contributed by atoms with E-state index in [0.29, 0.717) is 0 Å². The fourth-order valence-corrected chi connectivity index (χ4v) is 4.27. The van der Waals surface area contributed by atoms with Crippen LogP contribution in [0.1, 0.15) is 55.0 Å². The predicted molar refractivity (Wildman–Crippen MR) is 96.1 cm³/mol. The largest absolute Gasteiger partial charge is 0.337 e. The molecular formula is C20H26N4O. The molecule has 0 fully saturated rings. The summed E-state index contributed by atoms with van der Waals surface area (Å²) in [5, 5.41) is 0. The molecule has 0 aromatic carbocycles. The van der Waals surface area contributed by atoms with E-state index in [-0.39, 0.29) is 17.9 Å². The van der Waals surface area contributed by atoms with E-state index in [0.717, 1.165) is 62.3 Å². The molecule has 4 rings (SSSR count). The number of imidazole rings is 1. The summed E-state index contributed by atoms with van der Waals surface area (Å²) in [4.78, 5) is 24.4. The molecule has 5 nitrogen and oxygen atoms in total. The first-order valence-electron chi connectivity index (χ1n) is 9.42. The van der Waals surface area contributed by atoms with Gasteiger partial charge in [-0.1, -0.05) is 13.0 Å². The Balaban J connectivity index is 1.52. The Bertz CT molecular complexity index is 782. The summed E-state index contributed by atoms with van der Waals surface area (Å²) >= 11 is 0. The molecule has 2 unspecified atom stereocenters. The summed E-state index contributed by atoms with van der Waals surface area (Å²) in [6, 6.07) is 4.26. The van der Waals surface area contributed by atoms with Crippen molar-refractivity contribution in [2.45, 2.75) is 58.0 Å². The molecule has 0 saturated carbocycles. The molecule has 1 aliphatic carbocycles. The number of carbonyl (C=O) groups excluding carboxylic acids is 1. The van der Waals surface area contributed by atoms with Gasteiger partial charge in [0.2, 0.25) is 5.91 Å². The van der Waals surface area contributed by atoms with Gasteiger partial charge in [0.05, 0.1) is 17.4 Å². The average Bonchev–Trinajstić information content (AvgIpc) is 3.08. The number of amides is 1. The molecule has 2 aromatic rings. The number of aryl methyl sites for hydroxylation is 3. The molecule has 0 radical (unpaired) electrons. The Hall–Kier alpha value is -2.17. The number of rotatable bonds is 3. The van der Waals surface area contributed by atoms with Crippen LogP contribution >= 0.6 is 0 Å². The van der Waals surface area contributed by atoms with Crippen molar-refractivity contribution in [1.29, 1.82) is 0 Å². The van der Waals surface area contributed by atoms with Crippen LogP contribution in [0.2, 0.25) is 0 Å². The zero-order valence-electron chi connectivity index (χ0n) is 15.1. The average molecular weight is 338 g/mol. The van der Waals surface area contributed by atoms with Gasteiger partial charge in [-0.2, -0.15) is 0 Å².